The molecule has 0 aliphatic carbocycles. The topological polar surface area (TPSA) is 24.9 Å². The van der Waals surface area contributed by atoms with Crippen LogP contribution in [0.25, 0.3) is 0 Å². The molecule has 1 N–H and O–H groups in total. The fourth-order valence-corrected chi connectivity index (χ4v) is 2.39. The second-order valence-electron chi connectivity index (χ2n) is 4.00. The van der Waals surface area contributed by atoms with Gasteiger partial charge < -0.3 is 5.32 Å². The van der Waals surface area contributed by atoms with E-state index in [1.807, 2.05) is 30.3 Å². The van der Waals surface area contributed by atoms with Crippen LogP contribution in [0.3, 0.4) is 0 Å². The lowest BCUT2D eigenvalue weighted by Crippen LogP contribution is -2.10. The van der Waals surface area contributed by atoms with Crippen molar-refractivity contribution in [3.05, 3.63) is 57.8 Å². The van der Waals surface area contributed by atoms with E-state index in [1.165, 1.54) is 5.56 Å². The van der Waals surface area contributed by atoms with Crippen molar-refractivity contribution in [1.29, 1.82) is 0 Å². The summed E-state index contributed by atoms with van der Waals surface area (Å²) in [4.78, 5) is 4.21. The van der Waals surface area contributed by atoms with Gasteiger partial charge in [0.05, 0.1) is 11.7 Å². The Kier molecular flexibility index (Phi) is 4.61. The van der Waals surface area contributed by atoms with Crippen molar-refractivity contribution in [3.63, 3.8) is 0 Å². The molecule has 1 heterocycles. The molecule has 1 aromatic carbocycles. The molecule has 0 amide bonds. The maximum Gasteiger partial charge on any atom is 0.129 e. The SMILES string of the molecule is CCC(Nc1cccnc1Br)c1cccc(Cl)c1. The molecule has 2 aromatic rings. The predicted octanol–water partition coefficient (Wildman–Crippen LogP) is 5.06. The van der Waals surface area contributed by atoms with Gasteiger partial charge in [-0.3, -0.25) is 0 Å². The first-order valence-corrected chi connectivity index (χ1v) is 7.00. The first kappa shape index (κ1) is 13.4. The Hall–Kier alpha value is -1.06. The quantitative estimate of drug-likeness (QED) is 0.795. The van der Waals surface area contributed by atoms with Crippen molar-refractivity contribution in [2.24, 2.45) is 0 Å². The molecule has 0 fully saturated rings. The van der Waals surface area contributed by atoms with E-state index in [-0.39, 0.29) is 6.04 Å². The van der Waals surface area contributed by atoms with E-state index in [2.05, 4.69) is 39.2 Å². The van der Waals surface area contributed by atoms with Gasteiger partial charge in [0.25, 0.3) is 0 Å². The van der Waals surface area contributed by atoms with E-state index >= 15 is 0 Å². The minimum atomic E-state index is 0.226. The van der Waals surface area contributed by atoms with Gasteiger partial charge in [-0.1, -0.05) is 30.7 Å². The molecular weight excluding hydrogens is 312 g/mol. The number of nitrogens with one attached hydrogen (secondary N) is 1. The van der Waals surface area contributed by atoms with Crippen LogP contribution in [0, 0.1) is 0 Å². The third kappa shape index (κ3) is 3.24. The summed E-state index contributed by atoms with van der Waals surface area (Å²) >= 11 is 9.47. The average molecular weight is 326 g/mol. The number of benzene rings is 1. The number of hydrogen-bond acceptors (Lipinski definition) is 2. The lowest BCUT2D eigenvalue weighted by atomic mass is 10.0. The van der Waals surface area contributed by atoms with E-state index in [1.54, 1.807) is 6.20 Å². The highest BCUT2D eigenvalue weighted by molar-refractivity contribution is 9.10. The van der Waals surface area contributed by atoms with Crippen LogP contribution in [-0.2, 0) is 0 Å². The first-order chi connectivity index (χ1) is 8.70. The highest BCUT2D eigenvalue weighted by atomic mass is 79.9. The minimum Gasteiger partial charge on any atom is -0.376 e. The predicted molar refractivity (Wildman–Crippen MR) is 80.0 cm³/mol. The molecule has 0 bridgehead atoms. The Morgan fingerprint density at radius 3 is 2.83 bits per heavy atom. The van der Waals surface area contributed by atoms with Crippen molar-refractivity contribution >= 4 is 33.2 Å². The Labute approximate surface area is 121 Å². The van der Waals surface area contributed by atoms with Crippen LogP contribution < -0.4 is 5.32 Å². The lowest BCUT2D eigenvalue weighted by Gasteiger charge is -2.19. The molecule has 1 aromatic heterocycles. The Bertz CT molecular complexity index is 531. The van der Waals surface area contributed by atoms with E-state index in [4.69, 9.17) is 11.6 Å². The van der Waals surface area contributed by atoms with Crippen LogP contribution in [0.5, 0.6) is 0 Å². The molecule has 0 spiro atoms. The second-order valence-corrected chi connectivity index (χ2v) is 5.19. The van der Waals surface area contributed by atoms with Crippen molar-refractivity contribution in [2.45, 2.75) is 19.4 Å². The second kappa shape index (κ2) is 6.21. The summed E-state index contributed by atoms with van der Waals surface area (Å²) in [7, 11) is 0. The van der Waals surface area contributed by atoms with Gasteiger partial charge in [0, 0.05) is 11.2 Å². The molecule has 1 atom stereocenters. The van der Waals surface area contributed by atoms with E-state index < -0.39 is 0 Å². The summed E-state index contributed by atoms with van der Waals surface area (Å²) in [5.74, 6) is 0. The molecule has 2 nitrogen and oxygen atoms in total. The third-order valence-electron chi connectivity index (χ3n) is 2.75. The number of hydrogen-bond donors (Lipinski definition) is 1. The first-order valence-electron chi connectivity index (χ1n) is 5.83. The van der Waals surface area contributed by atoms with Gasteiger partial charge in [0.2, 0.25) is 0 Å². The summed E-state index contributed by atoms with van der Waals surface area (Å²) < 4.78 is 0.825. The van der Waals surface area contributed by atoms with Gasteiger partial charge in [-0.25, -0.2) is 4.98 Å². The average Bonchev–Trinajstić information content (AvgIpc) is 2.38. The largest absolute Gasteiger partial charge is 0.376 e. The zero-order chi connectivity index (χ0) is 13.0. The summed E-state index contributed by atoms with van der Waals surface area (Å²) in [6, 6.07) is 12.1. The summed E-state index contributed by atoms with van der Waals surface area (Å²) in [6.45, 7) is 2.14. The van der Waals surface area contributed by atoms with Crippen molar-refractivity contribution in [1.82, 2.24) is 4.98 Å². The van der Waals surface area contributed by atoms with E-state index in [0.717, 1.165) is 21.7 Å². The fourth-order valence-electron chi connectivity index (χ4n) is 1.83. The summed E-state index contributed by atoms with van der Waals surface area (Å²) in [5, 5.41) is 4.23. The van der Waals surface area contributed by atoms with Gasteiger partial charge >= 0.3 is 0 Å². The maximum atomic E-state index is 6.03. The molecule has 0 radical (unpaired) electrons. The van der Waals surface area contributed by atoms with Crippen LogP contribution in [-0.4, -0.2) is 4.98 Å². The van der Waals surface area contributed by atoms with Gasteiger partial charge in [-0.15, -0.1) is 0 Å². The lowest BCUT2D eigenvalue weighted by molar-refractivity contribution is 0.748. The minimum absolute atomic E-state index is 0.226. The number of nitrogens with zero attached hydrogens (tertiary/aromatic N) is 1. The molecule has 0 aliphatic heterocycles. The highest BCUT2D eigenvalue weighted by Gasteiger charge is 2.11. The van der Waals surface area contributed by atoms with Crippen molar-refractivity contribution in [2.75, 3.05) is 5.32 Å². The highest BCUT2D eigenvalue weighted by Crippen LogP contribution is 2.27. The van der Waals surface area contributed by atoms with Crippen LogP contribution >= 0.6 is 27.5 Å². The standard InChI is InChI=1S/C14H14BrClN2/c1-2-12(10-5-3-6-11(16)9-10)18-13-7-4-8-17-14(13)15/h3-9,12,18H,2H2,1H3. The summed E-state index contributed by atoms with van der Waals surface area (Å²) in [6.07, 6.45) is 2.73. The van der Waals surface area contributed by atoms with Gasteiger partial charge in [0.1, 0.15) is 4.60 Å². The van der Waals surface area contributed by atoms with Crippen LogP contribution in [0.15, 0.2) is 47.2 Å². The summed E-state index contributed by atoms with van der Waals surface area (Å²) in [5.41, 5.74) is 2.17. The van der Waals surface area contributed by atoms with Gasteiger partial charge in [0.15, 0.2) is 0 Å². The number of aromatic nitrogens is 1. The van der Waals surface area contributed by atoms with E-state index in [0.29, 0.717) is 0 Å². The molecule has 0 saturated heterocycles. The monoisotopic (exact) mass is 324 g/mol. The molecular formula is C14H14BrClN2. The molecule has 4 heteroatoms. The van der Waals surface area contributed by atoms with Crippen LogP contribution in [0.1, 0.15) is 24.9 Å². The zero-order valence-electron chi connectivity index (χ0n) is 10.0. The van der Waals surface area contributed by atoms with Gasteiger partial charge in [-0.05, 0) is 52.2 Å². The number of pyridine rings is 1. The van der Waals surface area contributed by atoms with Crippen molar-refractivity contribution < 1.29 is 0 Å². The van der Waals surface area contributed by atoms with Crippen LogP contribution in [0.2, 0.25) is 5.02 Å². The Morgan fingerprint density at radius 2 is 2.17 bits per heavy atom. The van der Waals surface area contributed by atoms with E-state index in [9.17, 15) is 0 Å². The number of rotatable bonds is 4. The fraction of sp³-hybridized carbons (Fsp3) is 0.214. The number of halogens is 2. The molecule has 18 heavy (non-hydrogen) atoms. The third-order valence-corrected chi connectivity index (χ3v) is 3.62. The number of anilines is 1. The normalized spacial score (nSPS) is 12.2. The zero-order valence-corrected chi connectivity index (χ0v) is 12.4. The van der Waals surface area contributed by atoms with Crippen molar-refractivity contribution in [3.8, 4) is 0 Å². The molecule has 94 valence electrons. The molecule has 1 unspecified atom stereocenters. The molecule has 0 aliphatic rings. The molecule has 0 saturated carbocycles. The Balaban J connectivity index is 2.23. The molecule has 2 rings (SSSR count). The van der Waals surface area contributed by atoms with Gasteiger partial charge in [-0.2, -0.15) is 0 Å². The van der Waals surface area contributed by atoms with Crippen LogP contribution in [0.4, 0.5) is 5.69 Å². The maximum absolute atomic E-state index is 6.03. The smallest absolute Gasteiger partial charge is 0.129 e. The Morgan fingerprint density at radius 1 is 1.33 bits per heavy atom.